The molecule has 2 heterocycles. The van der Waals surface area contributed by atoms with Crippen LogP contribution in [0.15, 0.2) is 71.3 Å². The number of rotatable bonds is 7. The van der Waals surface area contributed by atoms with Gasteiger partial charge < -0.3 is 24.7 Å². The van der Waals surface area contributed by atoms with Crippen molar-refractivity contribution in [3.05, 3.63) is 78.3 Å². The standard InChI is InChI=1S/C24H23N3O5/c1-31-20-6-3-2-5-19(20)27-15-17(13-22(27)28)23(29)25-14-16-8-10-18(11-9-16)26-24(30)21-7-4-12-32-21/h2-12,17H,13-15H2,1H3,(H,25,29)(H,26,30)/t17-/m0/s1. The molecule has 0 unspecified atom stereocenters. The van der Waals surface area contributed by atoms with Gasteiger partial charge >= 0.3 is 0 Å². The van der Waals surface area contributed by atoms with Crippen LogP contribution in [-0.2, 0) is 16.1 Å². The Morgan fingerprint density at radius 3 is 2.59 bits per heavy atom. The van der Waals surface area contributed by atoms with E-state index < -0.39 is 5.92 Å². The number of para-hydroxylation sites is 2. The van der Waals surface area contributed by atoms with Crippen LogP contribution in [0.3, 0.4) is 0 Å². The van der Waals surface area contributed by atoms with E-state index in [1.165, 1.54) is 6.26 Å². The Morgan fingerprint density at radius 1 is 1.09 bits per heavy atom. The number of hydrogen-bond donors (Lipinski definition) is 2. The highest BCUT2D eigenvalue weighted by atomic mass is 16.5. The summed E-state index contributed by atoms with van der Waals surface area (Å²) in [7, 11) is 1.55. The first-order valence-corrected chi connectivity index (χ1v) is 10.2. The van der Waals surface area contributed by atoms with Gasteiger partial charge in [0, 0.05) is 25.2 Å². The van der Waals surface area contributed by atoms with Gasteiger partial charge in [-0.1, -0.05) is 24.3 Å². The van der Waals surface area contributed by atoms with Gasteiger partial charge in [0.1, 0.15) is 5.75 Å². The Hall–Kier alpha value is -4.07. The van der Waals surface area contributed by atoms with Crippen molar-refractivity contribution in [3.8, 4) is 5.75 Å². The van der Waals surface area contributed by atoms with Crippen molar-refractivity contribution in [2.24, 2.45) is 5.92 Å². The molecule has 0 bridgehead atoms. The Kier molecular flexibility index (Phi) is 6.21. The summed E-state index contributed by atoms with van der Waals surface area (Å²) in [5, 5.41) is 5.64. The Balaban J connectivity index is 1.31. The van der Waals surface area contributed by atoms with Gasteiger partial charge in [-0.25, -0.2) is 0 Å². The number of methoxy groups -OCH3 is 1. The number of amides is 3. The summed E-state index contributed by atoms with van der Waals surface area (Å²) in [6.07, 6.45) is 1.59. The lowest BCUT2D eigenvalue weighted by Crippen LogP contribution is -2.32. The number of furan rings is 1. The Bertz CT molecular complexity index is 1110. The zero-order valence-electron chi connectivity index (χ0n) is 17.5. The van der Waals surface area contributed by atoms with Crippen LogP contribution in [0.1, 0.15) is 22.5 Å². The molecule has 4 rings (SSSR count). The molecule has 2 aromatic carbocycles. The summed E-state index contributed by atoms with van der Waals surface area (Å²) < 4.78 is 10.4. The van der Waals surface area contributed by atoms with E-state index in [1.54, 1.807) is 42.3 Å². The molecule has 3 amide bonds. The number of ether oxygens (including phenoxy) is 1. The highest BCUT2D eigenvalue weighted by Crippen LogP contribution is 2.32. The molecule has 1 aliphatic rings. The molecule has 2 N–H and O–H groups in total. The molecular weight excluding hydrogens is 410 g/mol. The van der Waals surface area contributed by atoms with Crippen molar-refractivity contribution >= 4 is 29.1 Å². The van der Waals surface area contributed by atoms with Crippen LogP contribution in [-0.4, -0.2) is 31.4 Å². The Morgan fingerprint density at radius 2 is 1.88 bits per heavy atom. The van der Waals surface area contributed by atoms with E-state index in [9.17, 15) is 14.4 Å². The van der Waals surface area contributed by atoms with Gasteiger partial charge in [0.25, 0.3) is 5.91 Å². The largest absolute Gasteiger partial charge is 0.495 e. The topological polar surface area (TPSA) is 101 Å². The van der Waals surface area contributed by atoms with Gasteiger partial charge in [-0.3, -0.25) is 14.4 Å². The van der Waals surface area contributed by atoms with E-state index in [0.717, 1.165) is 5.56 Å². The summed E-state index contributed by atoms with van der Waals surface area (Å²) in [6, 6.07) is 17.6. The molecule has 0 radical (unpaired) electrons. The van der Waals surface area contributed by atoms with Gasteiger partial charge in [0.15, 0.2) is 5.76 Å². The van der Waals surface area contributed by atoms with Gasteiger partial charge in [-0.15, -0.1) is 0 Å². The Labute approximate surface area is 185 Å². The third-order valence-corrected chi connectivity index (χ3v) is 5.30. The molecule has 164 valence electrons. The molecule has 1 aromatic heterocycles. The second-order valence-electron chi connectivity index (χ2n) is 7.42. The first-order valence-electron chi connectivity index (χ1n) is 10.2. The zero-order valence-corrected chi connectivity index (χ0v) is 17.5. The number of benzene rings is 2. The number of hydrogen-bond acceptors (Lipinski definition) is 5. The third kappa shape index (κ3) is 4.64. The summed E-state index contributed by atoms with van der Waals surface area (Å²) in [5.74, 6) is -0.214. The predicted octanol–water partition coefficient (Wildman–Crippen LogP) is 3.21. The molecule has 32 heavy (non-hydrogen) atoms. The summed E-state index contributed by atoms with van der Waals surface area (Å²) in [4.78, 5) is 38.8. The predicted molar refractivity (Wildman–Crippen MR) is 118 cm³/mol. The minimum Gasteiger partial charge on any atom is -0.495 e. The van der Waals surface area contributed by atoms with Crippen molar-refractivity contribution in [2.45, 2.75) is 13.0 Å². The number of nitrogens with one attached hydrogen (secondary N) is 2. The van der Waals surface area contributed by atoms with Gasteiger partial charge in [0.05, 0.1) is 25.0 Å². The number of anilines is 2. The lowest BCUT2D eigenvalue weighted by molar-refractivity contribution is -0.126. The molecule has 3 aromatic rings. The van der Waals surface area contributed by atoms with E-state index >= 15 is 0 Å². The maximum atomic E-state index is 12.7. The van der Waals surface area contributed by atoms with Crippen molar-refractivity contribution in [1.29, 1.82) is 0 Å². The van der Waals surface area contributed by atoms with Crippen LogP contribution in [0.4, 0.5) is 11.4 Å². The minimum atomic E-state index is -0.431. The van der Waals surface area contributed by atoms with Gasteiger partial charge in [-0.2, -0.15) is 0 Å². The first-order chi connectivity index (χ1) is 15.5. The lowest BCUT2D eigenvalue weighted by Gasteiger charge is -2.19. The monoisotopic (exact) mass is 433 g/mol. The number of nitrogens with zero attached hydrogens (tertiary/aromatic N) is 1. The normalized spacial score (nSPS) is 15.5. The molecule has 0 aliphatic carbocycles. The average molecular weight is 433 g/mol. The van der Waals surface area contributed by atoms with E-state index in [-0.39, 0.29) is 29.9 Å². The third-order valence-electron chi connectivity index (χ3n) is 5.30. The smallest absolute Gasteiger partial charge is 0.291 e. The van der Waals surface area contributed by atoms with Crippen molar-refractivity contribution in [2.75, 3.05) is 23.9 Å². The van der Waals surface area contributed by atoms with Crippen molar-refractivity contribution < 1.29 is 23.5 Å². The minimum absolute atomic E-state index is 0.105. The molecule has 1 atom stereocenters. The molecule has 0 saturated carbocycles. The fourth-order valence-electron chi connectivity index (χ4n) is 3.61. The zero-order chi connectivity index (χ0) is 22.5. The van der Waals surface area contributed by atoms with E-state index in [4.69, 9.17) is 9.15 Å². The van der Waals surface area contributed by atoms with Crippen LogP contribution in [0, 0.1) is 5.92 Å². The highest BCUT2D eigenvalue weighted by molar-refractivity contribution is 6.02. The van der Waals surface area contributed by atoms with Crippen molar-refractivity contribution in [3.63, 3.8) is 0 Å². The maximum absolute atomic E-state index is 12.7. The molecular formula is C24H23N3O5. The number of carbonyl (C=O) groups excluding carboxylic acids is 3. The van der Waals surface area contributed by atoms with Crippen molar-refractivity contribution in [1.82, 2.24) is 5.32 Å². The van der Waals surface area contributed by atoms with E-state index in [1.807, 2.05) is 30.3 Å². The van der Waals surface area contributed by atoms with Gasteiger partial charge in [-0.05, 0) is 42.0 Å². The lowest BCUT2D eigenvalue weighted by atomic mass is 10.1. The van der Waals surface area contributed by atoms with Crippen LogP contribution >= 0.6 is 0 Å². The highest BCUT2D eigenvalue weighted by Gasteiger charge is 2.36. The SMILES string of the molecule is COc1ccccc1N1C[C@@H](C(=O)NCc2ccc(NC(=O)c3ccco3)cc2)CC1=O. The molecule has 1 saturated heterocycles. The van der Waals surface area contributed by atoms with Crippen LogP contribution in [0.5, 0.6) is 5.75 Å². The average Bonchev–Trinajstić information content (AvgIpc) is 3.48. The fourth-order valence-corrected chi connectivity index (χ4v) is 3.61. The first kappa shape index (κ1) is 21.2. The summed E-state index contributed by atoms with van der Waals surface area (Å²) >= 11 is 0. The quantitative estimate of drug-likeness (QED) is 0.596. The van der Waals surface area contributed by atoms with E-state index in [2.05, 4.69) is 10.6 Å². The van der Waals surface area contributed by atoms with Crippen LogP contribution in [0.25, 0.3) is 0 Å². The van der Waals surface area contributed by atoms with Crippen LogP contribution < -0.4 is 20.3 Å². The summed E-state index contributed by atoms with van der Waals surface area (Å²) in [5.41, 5.74) is 2.16. The molecule has 8 heteroatoms. The maximum Gasteiger partial charge on any atom is 0.291 e. The second kappa shape index (κ2) is 9.38. The molecule has 0 spiro atoms. The second-order valence-corrected chi connectivity index (χ2v) is 7.42. The van der Waals surface area contributed by atoms with Gasteiger partial charge in [0.2, 0.25) is 11.8 Å². The number of carbonyl (C=O) groups is 3. The molecule has 1 fully saturated rings. The van der Waals surface area contributed by atoms with Crippen LogP contribution in [0.2, 0.25) is 0 Å². The van der Waals surface area contributed by atoms with E-state index in [0.29, 0.717) is 30.2 Å². The fraction of sp³-hybridized carbons (Fsp3) is 0.208. The summed E-state index contributed by atoms with van der Waals surface area (Å²) in [6.45, 7) is 0.632. The molecule has 8 nitrogen and oxygen atoms in total. The molecule has 1 aliphatic heterocycles.